The fourth-order valence-electron chi connectivity index (χ4n) is 2.59. The average molecular weight is 214 g/mol. The number of nitrogens with zero attached hydrogens (tertiary/aromatic N) is 1. The van der Waals surface area contributed by atoms with Crippen LogP contribution in [-0.4, -0.2) is 48.1 Å². The van der Waals surface area contributed by atoms with E-state index in [1.807, 2.05) is 0 Å². The third-order valence-electron chi connectivity index (χ3n) is 3.41. The zero-order valence-corrected chi connectivity index (χ0v) is 9.98. The van der Waals surface area contributed by atoms with Crippen molar-refractivity contribution in [2.45, 2.75) is 37.5 Å². The predicted octanol–water partition coefficient (Wildman–Crippen LogP) is 1.57. The van der Waals surface area contributed by atoms with Crippen LogP contribution in [0, 0.1) is 0 Å². The molecule has 0 aliphatic carbocycles. The molecule has 2 aliphatic rings. The molecule has 0 aromatic rings. The van der Waals surface area contributed by atoms with Crippen LogP contribution in [0.1, 0.15) is 26.2 Å². The summed E-state index contributed by atoms with van der Waals surface area (Å²) in [5.41, 5.74) is 0. The fraction of sp³-hybridized carbons (Fsp3) is 1.00. The molecule has 3 heteroatoms. The van der Waals surface area contributed by atoms with E-state index in [-0.39, 0.29) is 0 Å². The molecule has 82 valence electrons. The monoisotopic (exact) mass is 214 g/mol. The predicted molar refractivity (Wildman–Crippen MR) is 64.0 cm³/mol. The normalized spacial score (nSPS) is 36.6. The highest BCUT2D eigenvalue weighted by Gasteiger charge is 2.27. The van der Waals surface area contributed by atoms with Gasteiger partial charge in [-0.25, -0.2) is 0 Å². The average Bonchev–Trinajstić information content (AvgIpc) is 2.47. The smallest absolute Gasteiger partial charge is 0.0212 e. The number of hydrogen-bond donors (Lipinski definition) is 1. The Morgan fingerprint density at radius 2 is 2.14 bits per heavy atom. The van der Waals surface area contributed by atoms with Gasteiger partial charge in [0.15, 0.2) is 0 Å². The Kier molecular flexibility index (Phi) is 4.14. The van der Waals surface area contributed by atoms with Gasteiger partial charge in [-0.05, 0) is 38.1 Å². The molecule has 0 aromatic carbocycles. The van der Waals surface area contributed by atoms with Gasteiger partial charge in [-0.2, -0.15) is 11.8 Å². The second kappa shape index (κ2) is 5.38. The van der Waals surface area contributed by atoms with Gasteiger partial charge in [0.1, 0.15) is 0 Å². The van der Waals surface area contributed by atoms with Gasteiger partial charge in [-0.1, -0.05) is 6.92 Å². The van der Waals surface area contributed by atoms with Crippen LogP contribution in [0.4, 0.5) is 0 Å². The molecule has 2 rings (SSSR count). The number of hydrogen-bond acceptors (Lipinski definition) is 3. The summed E-state index contributed by atoms with van der Waals surface area (Å²) in [5, 5.41) is 4.33. The second-order valence-electron chi connectivity index (χ2n) is 4.43. The van der Waals surface area contributed by atoms with Crippen molar-refractivity contribution in [3.8, 4) is 0 Å². The Morgan fingerprint density at radius 3 is 3.00 bits per heavy atom. The van der Waals surface area contributed by atoms with Crippen molar-refractivity contribution >= 4 is 11.8 Å². The Morgan fingerprint density at radius 1 is 1.21 bits per heavy atom. The number of thioether (sulfide) groups is 1. The lowest BCUT2D eigenvalue weighted by Crippen LogP contribution is -2.44. The largest absolute Gasteiger partial charge is 0.315 e. The first-order valence-electron chi connectivity index (χ1n) is 5.94. The molecule has 2 aliphatic heterocycles. The first-order valence-corrected chi connectivity index (χ1v) is 6.99. The van der Waals surface area contributed by atoms with Crippen LogP contribution in [0.5, 0.6) is 0 Å². The van der Waals surface area contributed by atoms with Crippen LogP contribution >= 0.6 is 11.8 Å². The molecule has 14 heavy (non-hydrogen) atoms. The molecular formula is C11H22N2S. The maximum absolute atomic E-state index is 3.48. The van der Waals surface area contributed by atoms with E-state index in [4.69, 9.17) is 0 Å². The third kappa shape index (κ3) is 2.65. The molecule has 2 heterocycles. The van der Waals surface area contributed by atoms with E-state index in [1.54, 1.807) is 0 Å². The molecule has 2 saturated heterocycles. The molecule has 0 spiro atoms. The van der Waals surface area contributed by atoms with Gasteiger partial charge in [-0.3, -0.25) is 4.90 Å². The zero-order valence-electron chi connectivity index (χ0n) is 9.17. The van der Waals surface area contributed by atoms with Crippen LogP contribution in [0.25, 0.3) is 0 Å². The van der Waals surface area contributed by atoms with Crippen LogP contribution in [0.2, 0.25) is 0 Å². The molecule has 2 fully saturated rings. The van der Waals surface area contributed by atoms with E-state index in [0.717, 1.165) is 11.3 Å². The molecule has 2 unspecified atom stereocenters. The molecule has 2 atom stereocenters. The second-order valence-corrected chi connectivity index (χ2v) is 5.91. The van der Waals surface area contributed by atoms with Crippen molar-refractivity contribution in [2.24, 2.45) is 0 Å². The highest BCUT2D eigenvalue weighted by molar-refractivity contribution is 7.99. The molecule has 0 bridgehead atoms. The number of rotatable bonds is 1. The molecule has 0 radical (unpaired) electrons. The highest BCUT2D eigenvalue weighted by atomic mass is 32.2. The quantitative estimate of drug-likeness (QED) is 0.713. The molecular weight excluding hydrogens is 192 g/mol. The Hall–Kier alpha value is 0.270. The van der Waals surface area contributed by atoms with E-state index >= 15 is 0 Å². The van der Waals surface area contributed by atoms with Gasteiger partial charge in [0, 0.05) is 24.4 Å². The minimum atomic E-state index is 0.849. The van der Waals surface area contributed by atoms with Crippen LogP contribution in [0.3, 0.4) is 0 Å². The van der Waals surface area contributed by atoms with E-state index in [9.17, 15) is 0 Å². The zero-order chi connectivity index (χ0) is 9.80. The van der Waals surface area contributed by atoms with Gasteiger partial charge >= 0.3 is 0 Å². The topological polar surface area (TPSA) is 15.3 Å². The minimum Gasteiger partial charge on any atom is -0.315 e. The number of nitrogens with one attached hydrogen (secondary N) is 1. The Balaban J connectivity index is 1.90. The maximum atomic E-state index is 3.48. The van der Waals surface area contributed by atoms with Gasteiger partial charge in [0.05, 0.1) is 0 Å². The van der Waals surface area contributed by atoms with Crippen molar-refractivity contribution in [1.82, 2.24) is 10.2 Å². The first kappa shape index (κ1) is 10.8. The van der Waals surface area contributed by atoms with Crippen molar-refractivity contribution in [3.63, 3.8) is 0 Å². The van der Waals surface area contributed by atoms with Gasteiger partial charge in [-0.15, -0.1) is 0 Å². The van der Waals surface area contributed by atoms with Crippen molar-refractivity contribution in [3.05, 3.63) is 0 Å². The van der Waals surface area contributed by atoms with E-state index < -0.39 is 0 Å². The summed E-state index contributed by atoms with van der Waals surface area (Å²) in [5.74, 6) is 1.38. The summed E-state index contributed by atoms with van der Waals surface area (Å²) in [6, 6.07) is 0.855. The van der Waals surface area contributed by atoms with E-state index in [1.165, 1.54) is 51.2 Å². The Labute approximate surface area is 91.8 Å². The molecule has 0 saturated carbocycles. The summed E-state index contributed by atoms with van der Waals surface area (Å²) in [7, 11) is 0. The van der Waals surface area contributed by atoms with Crippen LogP contribution in [-0.2, 0) is 0 Å². The highest BCUT2D eigenvalue weighted by Crippen LogP contribution is 2.28. The van der Waals surface area contributed by atoms with Crippen molar-refractivity contribution < 1.29 is 0 Å². The van der Waals surface area contributed by atoms with Crippen molar-refractivity contribution in [2.75, 3.05) is 31.9 Å². The molecule has 2 nitrogen and oxygen atoms in total. The summed E-state index contributed by atoms with van der Waals surface area (Å²) in [4.78, 5) is 2.72. The first-order chi connectivity index (χ1) is 6.88. The van der Waals surface area contributed by atoms with E-state index in [2.05, 4.69) is 28.9 Å². The SMILES string of the molecule is CC1SCCCC1N1CCCNCC1. The lowest BCUT2D eigenvalue weighted by molar-refractivity contribution is 0.194. The van der Waals surface area contributed by atoms with Crippen LogP contribution in [0.15, 0.2) is 0 Å². The Bertz CT molecular complexity index is 167. The fourth-order valence-corrected chi connectivity index (χ4v) is 3.82. The molecule has 0 aromatic heterocycles. The van der Waals surface area contributed by atoms with Gasteiger partial charge in [0.2, 0.25) is 0 Å². The minimum absolute atomic E-state index is 0.849. The maximum Gasteiger partial charge on any atom is 0.0212 e. The lowest BCUT2D eigenvalue weighted by atomic mass is 10.1. The molecule has 0 amide bonds. The van der Waals surface area contributed by atoms with Crippen LogP contribution < -0.4 is 5.32 Å². The van der Waals surface area contributed by atoms with Gasteiger partial charge in [0.25, 0.3) is 0 Å². The summed E-state index contributed by atoms with van der Waals surface area (Å²) < 4.78 is 0. The third-order valence-corrected chi connectivity index (χ3v) is 4.77. The van der Waals surface area contributed by atoms with E-state index in [0.29, 0.717) is 0 Å². The summed E-state index contributed by atoms with van der Waals surface area (Å²) in [6.07, 6.45) is 4.17. The van der Waals surface area contributed by atoms with Gasteiger partial charge < -0.3 is 5.32 Å². The lowest BCUT2D eigenvalue weighted by Gasteiger charge is -2.37. The summed E-state index contributed by atoms with van der Waals surface area (Å²) >= 11 is 2.16. The molecule has 1 N–H and O–H groups in total. The summed E-state index contributed by atoms with van der Waals surface area (Å²) in [6.45, 7) is 7.38. The van der Waals surface area contributed by atoms with Crippen molar-refractivity contribution in [1.29, 1.82) is 0 Å². The standard InChI is InChI=1S/C11H22N2S/c1-10-11(4-2-9-14-10)13-7-3-5-12-6-8-13/h10-12H,2-9H2,1H3.